The zero-order chi connectivity index (χ0) is 22.1. The summed E-state index contributed by atoms with van der Waals surface area (Å²) in [5, 5.41) is 14.3. The van der Waals surface area contributed by atoms with Crippen LogP contribution in [0.5, 0.6) is 0 Å². The van der Waals surface area contributed by atoms with E-state index < -0.39 is 35.9 Å². The van der Waals surface area contributed by atoms with Gasteiger partial charge in [-0.3, -0.25) is 4.79 Å². The van der Waals surface area contributed by atoms with E-state index in [1.807, 2.05) is 18.2 Å². The molecule has 0 unspecified atom stereocenters. The number of nitrogens with one attached hydrogen (secondary N) is 2. The monoisotopic (exact) mass is 416 g/mol. The van der Waals surface area contributed by atoms with Gasteiger partial charge in [-0.1, -0.05) is 56.3 Å². The lowest BCUT2D eigenvalue weighted by Gasteiger charge is -2.24. The van der Waals surface area contributed by atoms with Gasteiger partial charge in [0, 0.05) is 6.42 Å². The standard InChI is InChI=1S/C22H25FN2O5/c1-14(2)19(25-22(29)30-13-15-7-4-3-5-8-15)20(26)24-18(21(27)28)12-16-9-6-10-17(23)11-16/h3-11,14,18-19H,12-13H2,1-2H3,(H,24,26)(H,25,29)(H,27,28)/t18-,19-/m0/s1. The molecule has 0 aromatic heterocycles. The zero-order valence-electron chi connectivity index (χ0n) is 16.8. The molecule has 160 valence electrons. The Morgan fingerprint density at radius 2 is 1.67 bits per heavy atom. The van der Waals surface area contributed by atoms with Gasteiger partial charge < -0.3 is 20.5 Å². The Morgan fingerprint density at radius 3 is 2.27 bits per heavy atom. The molecule has 0 saturated carbocycles. The van der Waals surface area contributed by atoms with Crippen molar-refractivity contribution in [1.82, 2.24) is 10.6 Å². The van der Waals surface area contributed by atoms with Crippen LogP contribution in [0.1, 0.15) is 25.0 Å². The summed E-state index contributed by atoms with van der Waals surface area (Å²) in [4.78, 5) is 36.3. The van der Waals surface area contributed by atoms with E-state index in [-0.39, 0.29) is 18.9 Å². The molecule has 0 aliphatic heterocycles. The predicted molar refractivity (Wildman–Crippen MR) is 108 cm³/mol. The van der Waals surface area contributed by atoms with Crippen LogP contribution in [0.2, 0.25) is 0 Å². The second-order valence-corrected chi connectivity index (χ2v) is 7.16. The largest absolute Gasteiger partial charge is 0.480 e. The SMILES string of the molecule is CC(C)[C@H](NC(=O)OCc1ccccc1)C(=O)N[C@@H](Cc1cccc(F)c1)C(=O)O. The number of rotatable bonds is 9. The number of halogens is 1. The lowest BCUT2D eigenvalue weighted by atomic mass is 10.0. The lowest BCUT2D eigenvalue weighted by molar-refractivity contribution is -0.142. The molecule has 0 spiro atoms. The molecule has 0 heterocycles. The van der Waals surface area contributed by atoms with Crippen molar-refractivity contribution in [2.45, 2.75) is 39.0 Å². The van der Waals surface area contributed by atoms with E-state index in [0.717, 1.165) is 5.56 Å². The van der Waals surface area contributed by atoms with Gasteiger partial charge in [0.25, 0.3) is 0 Å². The molecule has 2 aromatic rings. The van der Waals surface area contributed by atoms with Crippen LogP contribution in [-0.4, -0.2) is 35.2 Å². The molecule has 0 radical (unpaired) electrons. The first-order valence-corrected chi connectivity index (χ1v) is 9.51. The minimum atomic E-state index is -1.28. The molecule has 0 saturated heterocycles. The first kappa shape index (κ1) is 22.9. The average molecular weight is 416 g/mol. The summed E-state index contributed by atoms with van der Waals surface area (Å²) in [5.74, 6) is -2.74. The topological polar surface area (TPSA) is 105 Å². The quantitative estimate of drug-likeness (QED) is 0.583. The summed E-state index contributed by atoms with van der Waals surface area (Å²) in [5.41, 5.74) is 1.22. The summed E-state index contributed by atoms with van der Waals surface area (Å²) in [6, 6.07) is 12.3. The molecule has 2 rings (SSSR count). The second kappa shape index (κ2) is 10.9. The number of carbonyl (C=O) groups is 3. The molecule has 2 aromatic carbocycles. The van der Waals surface area contributed by atoms with Crippen molar-refractivity contribution in [1.29, 1.82) is 0 Å². The highest BCUT2D eigenvalue weighted by molar-refractivity contribution is 5.89. The Bertz CT molecular complexity index is 873. The van der Waals surface area contributed by atoms with Gasteiger partial charge in [-0.2, -0.15) is 0 Å². The number of benzene rings is 2. The van der Waals surface area contributed by atoms with Crippen LogP contribution in [-0.2, 0) is 27.4 Å². The van der Waals surface area contributed by atoms with Crippen LogP contribution in [0, 0.1) is 11.7 Å². The third kappa shape index (κ3) is 7.20. The second-order valence-electron chi connectivity index (χ2n) is 7.16. The van der Waals surface area contributed by atoms with Gasteiger partial charge in [0.15, 0.2) is 0 Å². The number of aliphatic carboxylic acids is 1. The molecule has 0 fully saturated rings. The summed E-state index contributed by atoms with van der Waals surface area (Å²) < 4.78 is 18.5. The van der Waals surface area contributed by atoms with Gasteiger partial charge in [0.05, 0.1) is 0 Å². The number of hydrogen-bond donors (Lipinski definition) is 3. The molecular weight excluding hydrogens is 391 g/mol. The molecule has 3 N–H and O–H groups in total. The van der Waals surface area contributed by atoms with E-state index in [1.165, 1.54) is 18.2 Å². The van der Waals surface area contributed by atoms with E-state index in [2.05, 4.69) is 10.6 Å². The molecule has 2 amide bonds. The summed E-state index contributed by atoms with van der Waals surface area (Å²) >= 11 is 0. The van der Waals surface area contributed by atoms with Crippen molar-refractivity contribution >= 4 is 18.0 Å². The minimum Gasteiger partial charge on any atom is -0.480 e. The molecular formula is C22H25FN2O5. The third-order valence-electron chi connectivity index (χ3n) is 4.38. The van der Waals surface area contributed by atoms with Crippen molar-refractivity contribution < 1.29 is 28.6 Å². The van der Waals surface area contributed by atoms with Gasteiger partial charge >= 0.3 is 12.1 Å². The predicted octanol–water partition coefficient (Wildman–Crippen LogP) is 2.89. The summed E-state index contributed by atoms with van der Waals surface area (Å²) in [6.45, 7) is 3.46. The van der Waals surface area contributed by atoms with Crippen LogP contribution < -0.4 is 10.6 Å². The fourth-order valence-electron chi connectivity index (χ4n) is 2.79. The van der Waals surface area contributed by atoms with E-state index >= 15 is 0 Å². The van der Waals surface area contributed by atoms with E-state index in [0.29, 0.717) is 5.56 Å². The molecule has 7 nitrogen and oxygen atoms in total. The fraction of sp³-hybridized carbons (Fsp3) is 0.318. The fourth-order valence-corrected chi connectivity index (χ4v) is 2.79. The minimum absolute atomic E-state index is 0.0381. The molecule has 8 heteroatoms. The first-order valence-electron chi connectivity index (χ1n) is 9.51. The van der Waals surface area contributed by atoms with Gasteiger partial charge in [-0.05, 0) is 29.2 Å². The molecule has 30 heavy (non-hydrogen) atoms. The number of ether oxygens (including phenoxy) is 1. The third-order valence-corrected chi connectivity index (χ3v) is 4.38. The highest BCUT2D eigenvalue weighted by Gasteiger charge is 2.29. The first-order chi connectivity index (χ1) is 14.3. The summed E-state index contributed by atoms with van der Waals surface area (Å²) in [6.07, 6.45) is -0.882. The number of alkyl carbamates (subject to hydrolysis) is 1. The summed E-state index contributed by atoms with van der Waals surface area (Å²) in [7, 11) is 0. The number of carboxylic acid groups (broad SMARTS) is 1. The molecule has 0 aliphatic rings. The number of carboxylic acids is 1. The highest BCUT2D eigenvalue weighted by Crippen LogP contribution is 2.09. The number of amides is 2. The van der Waals surface area contributed by atoms with Gasteiger partial charge in [-0.25, -0.2) is 14.0 Å². The Hall–Kier alpha value is -3.42. The maximum absolute atomic E-state index is 13.4. The Labute approximate surface area is 174 Å². The van der Waals surface area contributed by atoms with E-state index in [1.54, 1.807) is 32.0 Å². The maximum Gasteiger partial charge on any atom is 0.408 e. The Morgan fingerprint density at radius 1 is 1.00 bits per heavy atom. The van der Waals surface area contributed by atoms with Gasteiger partial charge in [0.1, 0.15) is 24.5 Å². The van der Waals surface area contributed by atoms with E-state index in [4.69, 9.17) is 4.74 Å². The van der Waals surface area contributed by atoms with Crippen LogP contribution in [0.4, 0.5) is 9.18 Å². The van der Waals surface area contributed by atoms with Crippen molar-refractivity contribution in [3.8, 4) is 0 Å². The van der Waals surface area contributed by atoms with Crippen LogP contribution in [0.3, 0.4) is 0 Å². The zero-order valence-corrected chi connectivity index (χ0v) is 16.8. The molecule has 2 atom stereocenters. The number of carbonyl (C=O) groups excluding carboxylic acids is 2. The Kier molecular flexibility index (Phi) is 8.34. The van der Waals surface area contributed by atoms with Crippen LogP contribution >= 0.6 is 0 Å². The van der Waals surface area contributed by atoms with Crippen molar-refractivity contribution in [2.24, 2.45) is 5.92 Å². The van der Waals surface area contributed by atoms with Crippen molar-refractivity contribution in [2.75, 3.05) is 0 Å². The van der Waals surface area contributed by atoms with E-state index in [9.17, 15) is 23.9 Å². The van der Waals surface area contributed by atoms with Gasteiger partial charge in [-0.15, -0.1) is 0 Å². The molecule has 0 bridgehead atoms. The number of hydrogen-bond acceptors (Lipinski definition) is 4. The average Bonchev–Trinajstić information content (AvgIpc) is 2.70. The van der Waals surface area contributed by atoms with Gasteiger partial charge in [0.2, 0.25) is 5.91 Å². The van der Waals surface area contributed by atoms with Crippen LogP contribution in [0.25, 0.3) is 0 Å². The lowest BCUT2D eigenvalue weighted by Crippen LogP contribution is -2.54. The molecule has 0 aliphatic carbocycles. The smallest absolute Gasteiger partial charge is 0.408 e. The van der Waals surface area contributed by atoms with Crippen molar-refractivity contribution in [3.63, 3.8) is 0 Å². The maximum atomic E-state index is 13.4. The van der Waals surface area contributed by atoms with Crippen molar-refractivity contribution in [3.05, 3.63) is 71.5 Å². The highest BCUT2D eigenvalue weighted by atomic mass is 19.1. The normalized spacial score (nSPS) is 12.7. The Balaban J connectivity index is 1.98. The van der Waals surface area contributed by atoms with Crippen LogP contribution in [0.15, 0.2) is 54.6 Å².